The lowest BCUT2D eigenvalue weighted by Crippen LogP contribution is -2.44. The molecular formula is C25H19ClN3O6S+. The first kappa shape index (κ1) is 22.8. The van der Waals surface area contributed by atoms with Gasteiger partial charge in [0.15, 0.2) is 5.76 Å². The number of carbonyl (C=O) groups excluding carboxylic acids is 2. The zero-order valence-corrected chi connectivity index (χ0v) is 20.6. The average molecular weight is 525 g/mol. The Labute approximate surface area is 213 Å². The van der Waals surface area contributed by atoms with E-state index in [2.05, 4.69) is 0 Å². The van der Waals surface area contributed by atoms with E-state index in [0.29, 0.717) is 31.7 Å². The van der Waals surface area contributed by atoms with Gasteiger partial charge in [-0.2, -0.15) is 4.90 Å². The van der Waals surface area contributed by atoms with Crippen LogP contribution in [-0.2, 0) is 11.8 Å². The van der Waals surface area contributed by atoms with Crippen molar-refractivity contribution in [2.75, 3.05) is 4.90 Å². The number of thiazole rings is 1. The second-order valence-electron chi connectivity index (χ2n) is 9.11. The molecule has 1 saturated heterocycles. The third kappa shape index (κ3) is 2.95. The monoisotopic (exact) mass is 524 g/mol. The molecule has 2 aliphatic rings. The third-order valence-corrected chi connectivity index (χ3v) is 8.59. The molecule has 1 amide bonds. The number of non-ortho nitro benzene ring substituents is 1. The van der Waals surface area contributed by atoms with Crippen LogP contribution in [0.15, 0.2) is 59.0 Å². The zero-order valence-electron chi connectivity index (χ0n) is 19.0. The van der Waals surface area contributed by atoms with Gasteiger partial charge in [-0.1, -0.05) is 23.7 Å². The second kappa shape index (κ2) is 7.70. The molecule has 4 atom stereocenters. The van der Waals surface area contributed by atoms with E-state index in [1.807, 2.05) is 0 Å². The number of hydrogen-bond donors (Lipinski definition) is 1. The van der Waals surface area contributed by atoms with E-state index in [4.69, 9.17) is 16.0 Å². The number of aliphatic hydroxyl groups is 1. The van der Waals surface area contributed by atoms with Crippen LogP contribution in [0.5, 0.6) is 0 Å². The number of nitro groups is 1. The van der Waals surface area contributed by atoms with Crippen LogP contribution in [0.4, 0.5) is 10.8 Å². The fraction of sp³-hybridized carbons (Fsp3) is 0.240. The molecule has 11 heteroatoms. The van der Waals surface area contributed by atoms with Crippen LogP contribution in [0.1, 0.15) is 27.9 Å². The number of carbonyl (C=O) groups is 2. The van der Waals surface area contributed by atoms with Gasteiger partial charge in [-0.3, -0.25) is 14.9 Å². The Hall–Kier alpha value is -3.60. The molecule has 182 valence electrons. The van der Waals surface area contributed by atoms with Crippen LogP contribution >= 0.6 is 22.9 Å². The van der Waals surface area contributed by atoms with Crippen LogP contribution in [0, 0.1) is 28.4 Å². The van der Waals surface area contributed by atoms with E-state index in [-0.39, 0.29) is 11.4 Å². The van der Waals surface area contributed by atoms with Gasteiger partial charge in [0.2, 0.25) is 5.78 Å². The van der Waals surface area contributed by atoms with Crippen molar-refractivity contribution in [3.63, 3.8) is 0 Å². The summed E-state index contributed by atoms with van der Waals surface area (Å²) in [6, 6.07) is 13.7. The molecule has 0 radical (unpaired) electrons. The summed E-state index contributed by atoms with van der Waals surface area (Å²) < 4.78 is 7.99. The first-order chi connectivity index (χ1) is 17.2. The highest BCUT2D eigenvalue weighted by molar-refractivity contribution is 7.21. The molecule has 6 rings (SSSR count). The number of nitrogens with zero attached hydrogens (tertiary/aromatic N) is 3. The number of rotatable bonds is 5. The minimum Gasteiger partial charge on any atom is -0.458 e. The van der Waals surface area contributed by atoms with Crippen molar-refractivity contribution in [1.82, 2.24) is 0 Å². The quantitative estimate of drug-likeness (QED) is 0.181. The summed E-state index contributed by atoms with van der Waals surface area (Å²) >= 11 is 7.51. The standard InChI is InChI=1S/C25H19ClN3O6S/c1-12-6-9-17(35-12)21(30)25-19(22(25)31)23(32)28(20(25)13-4-3-5-14(26)10-13)24-27(2)16-8-7-15(29(33)34)11-18(16)36-24/h3-11,19-20,22,31H,1-2H3/q+1. The number of aryl methyl sites for hydroxylation is 2. The van der Waals surface area contributed by atoms with Crippen LogP contribution in [0.25, 0.3) is 10.2 Å². The number of ketones is 1. The number of anilines is 1. The molecule has 2 fully saturated rings. The molecule has 4 aromatic rings. The molecule has 1 aliphatic heterocycles. The Morgan fingerprint density at radius 2 is 2.03 bits per heavy atom. The Bertz CT molecular complexity index is 1610. The predicted molar refractivity (Wildman–Crippen MR) is 131 cm³/mol. The maximum atomic E-state index is 13.9. The van der Waals surface area contributed by atoms with Crippen LogP contribution in [-0.4, -0.2) is 27.8 Å². The van der Waals surface area contributed by atoms with Gasteiger partial charge in [0.25, 0.3) is 5.69 Å². The highest BCUT2D eigenvalue weighted by Gasteiger charge is 2.86. The number of amides is 1. The maximum absolute atomic E-state index is 13.9. The number of fused-ring (bicyclic) bond motifs is 2. The summed E-state index contributed by atoms with van der Waals surface area (Å²) in [5.41, 5.74) is -0.231. The fourth-order valence-corrected chi connectivity index (χ4v) is 6.90. The Balaban J connectivity index is 1.56. The molecule has 36 heavy (non-hydrogen) atoms. The normalized spacial score (nSPS) is 24.8. The molecule has 2 aromatic carbocycles. The first-order valence-corrected chi connectivity index (χ1v) is 12.3. The summed E-state index contributed by atoms with van der Waals surface area (Å²) in [6.45, 7) is 1.71. The number of nitro benzene ring substituents is 1. The van der Waals surface area contributed by atoms with Gasteiger partial charge in [-0.05, 0) is 54.2 Å². The number of hydrogen-bond acceptors (Lipinski definition) is 7. The van der Waals surface area contributed by atoms with Crippen molar-refractivity contribution in [3.05, 3.63) is 86.8 Å². The highest BCUT2D eigenvalue weighted by atomic mass is 35.5. The van der Waals surface area contributed by atoms with Gasteiger partial charge >= 0.3 is 11.0 Å². The summed E-state index contributed by atoms with van der Waals surface area (Å²) in [5.74, 6) is -1.19. The smallest absolute Gasteiger partial charge is 0.344 e. The molecule has 0 bridgehead atoms. The summed E-state index contributed by atoms with van der Waals surface area (Å²) in [5, 5.41) is 23.3. The van der Waals surface area contributed by atoms with Crippen molar-refractivity contribution >= 4 is 55.7 Å². The molecule has 0 spiro atoms. The topological polar surface area (TPSA) is 118 Å². The number of furan rings is 1. The minimum atomic E-state index is -1.46. The van der Waals surface area contributed by atoms with Crippen molar-refractivity contribution in [1.29, 1.82) is 0 Å². The van der Waals surface area contributed by atoms with Crippen molar-refractivity contribution in [3.8, 4) is 0 Å². The van der Waals surface area contributed by atoms with Crippen LogP contribution in [0.2, 0.25) is 5.02 Å². The van der Waals surface area contributed by atoms with E-state index in [0.717, 1.165) is 0 Å². The Morgan fingerprint density at radius 3 is 2.69 bits per heavy atom. The third-order valence-electron chi connectivity index (χ3n) is 7.16. The lowest BCUT2D eigenvalue weighted by Gasteiger charge is -2.26. The second-order valence-corrected chi connectivity index (χ2v) is 10.6. The molecule has 3 heterocycles. The Morgan fingerprint density at radius 1 is 1.25 bits per heavy atom. The molecule has 4 unspecified atom stereocenters. The van der Waals surface area contributed by atoms with E-state index < -0.39 is 40.1 Å². The van der Waals surface area contributed by atoms with Gasteiger partial charge in [-0.15, -0.1) is 0 Å². The highest BCUT2D eigenvalue weighted by Crippen LogP contribution is 2.69. The van der Waals surface area contributed by atoms with Gasteiger partial charge < -0.3 is 9.52 Å². The van der Waals surface area contributed by atoms with E-state index >= 15 is 0 Å². The minimum absolute atomic E-state index is 0.0619. The number of benzene rings is 2. The van der Waals surface area contributed by atoms with Crippen molar-refractivity contribution in [2.45, 2.75) is 19.1 Å². The number of Topliss-reactive ketones (excluding diaryl/α,β-unsaturated/α-hetero) is 1. The van der Waals surface area contributed by atoms with Crippen molar-refractivity contribution in [2.24, 2.45) is 18.4 Å². The molecule has 2 aromatic heterocycles. The van der Waals surface area contributed by atoms with Gasteiger partial charge in [-0.25, -0.2) is 9.36 Å². The molecule has 1 N–H and O–H groups in total. The number of aromatic nitrogens is 1. The summed E-state index contributed by atoms with van der Waals surface area (Å²) in [4.78, 5) is 40.0. The molecule has 9 nitrogen and oxygen atoms in total. The fourth-order valence-electron chi connectivity index (χ4n) is 5.48. The van der Waals surface area contributed by atoms with E-state index in [1.54, 1.807) is 61.0 Å². The van der Waals surface area contributed by atoms with Crippen LogP contribution < -0.4 is 9.47 Å². The van der Waals surface area contributed by atoms with Crippen molar-refractivity contribution < 1.29 is 28.6 Å². The average Bonchev–Trinajstić information content (AvgIpc) is 3.14. The maximum Gasteiger partial charge on any atom is 0.344 e. The number of aliphatic hydroxyl groups excluding tert-OH is 1. The lowest BCUT2D eigenvalue weighted by molar-refractivity contribution is -0.628. The van der Waals surface area contributed by atoms with E-state index in [9.17, 15) is 24.8 Å². The van der Waals surface area contributed by atoms with E-state index in [1.165, 1.54) is 28.4 Å². The lowest BCUT2D eigenvalue weighted by atomic mass is 9.84. The number of piperidine rings is 1. The van der Waals surface area contributed by atoms with Gasteiger partial charge in [0.1, 0.15) is 28.7 Å². The first-order valence-electron chi connectivity index (χ1n) is 11.1. The predicted octanol–water partition coefficient (Wildman–Crippen LogP) is 4.14. The molecule has 1 aliphatic carbocycles. The SMILES string of the molecule is Cc1ccc(C(=O)C23C(O)C2C(=O)N(c2sc4cc([N+](=O)[O-])ccc4[n+]2C)C3c2cccc(Cl)c2)o1. The summed E-state index contributed by atoms with van der Waals surface area (Å²) in [7, 11) is 1.76. The van der Waals surface area contributed by atoms with Gasteiger partial charge in [0, 0.05) is 17.2 Å². The zero-order chi connectivity index (χ0) is 25.5. The largest absolute Gasteiger partial charge is 0.458 e. The molecular weight excluding hydrogens is 506 g/mol. The summed E-state index contributed by atoms with van der Waals surface area (Å²) in [6.07, 6.45) is -1.19. The number of halogens is 1. The Kier molecular flexibility index (Phi) is 4.88. The molecule has 1 saturated carbocycles. The van der Waals surface area contributed by atoms with Gasteiger partial charge in [0.05, 0.1) is 22.8 Å². The van der Waals surface area contributed by atoms with Crippen LogP contribution in [0.3, 0.4) is 0 Å².